The zero-order valence-electron chi connectivity index (χ0n) is 45.3. The van der Waals surface area contributed by atoms with Gasteiger partial charge in [0.15, 0.2) is 16.7 Å². The predicted octanol–water partition coefficient (Wildman–Crippen LogP) is 14.9. The van der Waals surface area contributed by atoms with E-state index in [1.165, 1.54) is 42.9 Å². The number of ether oxygens (including phenoxy) is 1. The summed E-state index contributed by atoms with van der Waals surface area (Å²) in [5.74, 6) is 1.74. The molecule has 0 amide bonds. The Bertz CT molecular complexity index is 4280. The van der Waals surface area contributed by atoms with Crippen LogP contribution in [-0.2, 0) is 5.41 Å². The molecule has 0 radical (unpaired) electrons. The van der Waals surface area contributed by atoms with Crippen LogP contribution >= 0.6 is 11.3 Å². The van der Waals surface area contributed by atoms with Crippen molar-refractivity contribution in [1.29, 1.82) is 0 Å². The Morgan fingerprint density at radius 3 is 2.08 bits per heavy atom. The van der Waals surface area contributed by atoms with Crippen LogP contribution in [0.1, 0.15) is 40.0 Å². The molecule has 0 aliphatic carbocycles. The highest BCUT2D eigenvalue weighted by molar-refractivity contribution is 7.26. The van der Waals surface area contributed by atoms with E-state index in [0.29, 0.717) is 28.2 Å². The average molecular weight is 870 g/mol. The van der Waals surface area contributed by atoms with Gasteiger partial charge in [-0.25, -0.2) is 4.98 Å². The van der Waals surface area contributed by atoms with Gasteiger partial charge in [0, 0.05) is 60.4 Å². The third-order valence-electron chi connectivity index (χ3n) is 12.0. The third-order valence-corrected chi connectivity index (χ3v) is 13.2. The van der Waals surface area contributed by atoms with Crippen molar-refractivity contribution >= 4 is 64.3 Å². The van der Waals surface area contributed by atoms with Gasteiger partial charge in [0.25, 0.3) is 0 Å². The second kappa shape index (κ2) is 15.1. The lowest BCUT2D eigenvalue weighted by Gasteiger charge is -2.20. The molecule has 6 nitrogen and oxygen atoms in total. The first-order chi connectivity index (χ1) is 35.9. The number of fused-ring (bicyclic) bond motifs is 8. The Labute approximate surface area is 394 Å². The number of hydrogen-bond acceptors (Lipinski definition) is 4. The first kappa shape index (κ1) is 29.4. The zero-order chi connectivity index (χ0) is 52.5. The number of aromatic nitrogens is 4. The number of hydrogen-bond donors (Lipinski definition) is 1. The van der Waals surface area contributed by atoms with Gasteiger partial charge in [0.1, 0.15) is 23.0 Å². The van der Waals surface area contributed by atoms with E-state index in [0.717, 1.165) is 33.2 Å². The molecular weight excluding hydrogens is 817 g/mol. The zero-order valence-corrected chi connectivity index (χ0v) is 36.1. The van der Waals surface area contributed by atoms with Crippen LogP contribution < -0.4 is 9.30 Å². The number of thiophene rings is 1. The summed E-state index contributed by atoms with van der Waals surface area (Å²) in [6, 6.07) is 35.6. The quantitative estimate of drug-likeness (QED) is 0.162. The van der Waals surface area contributed by atoms with Crippen LogP contribution in [0.15, 0.2) is 200 Å². The Morgan fingerprint density at radius 2 is 1.31 bits per heavy atom. The van der Waals surface area contributed by atoms with Crippen LogP contribution in [-0.4, -0.2) is 19.2 Å². The van der Waals surface area contributed by atoms with Crippen LogP contribution in [0.3, 0.4) is 0 Å². The molecule has 1 N–H and O–H groups in total. The van der Waals surface area contributed by atoms with Gasteiger partial charge in [-0.1, -0.05) is 142 Å². The van der Waals surface area contributed by atoms with E-state index in [-0.39, 0.29) is 33.4 Å². The van der Waals surface area contributed by atoms with E-state index in [4.69, 9.17) is 23.4 Å². The molecule has 12 rings (SSSR count). The Morgan fingerprint density at radius 1 is 0.615 bits per heavy atom. The van der Waals surface area contributed by atoms with Crippen molar-refractivity contribution in [2.24, 2.45) is 0 Å². The topological polar surface area (TPSA) is 56.1 Å². The van der Waals surface area contributed by atoms with Gasteiger partial charge >= 0.3 is 6.01 Å². The molecule has 65 heavy (non-hydrogen) atoms. The van der Waals surface area contributed by atoms with E-state index < -0.39 is 66.4 Å². The molecule has 0 saturated carbocycles. The second-order valence-corrected chi connectivity index (χ2v) is 17.9. The number of para-hydroxylation sites is 3. The highest BCUT2D eigenvalue weighted by Gasteiger charge is 2.32. The Balaban J connectivity index is 1.05. The van der Waals surface area contributed by atoms with Crippen molar-refractivity contribution in [2.45, 2.75) is 26.2 Å². The summed E-state index contributed by atoms with van der Waals surface area (Å²) in [7, 11) is 0. The van der Waals surface area contributed by atoms with Crippen molar-refractivity contribution in [3.05, 3.63) is 206 Å². The third kappa shape index (κ3) is 6.38. The van der Waals surface area contributed by atoms with Gasteiger partial charge in [-0.3, -0.25) is 4.57 Å². The molecule has 7 heteroatoms. The number of pyridine rings is 1. The van der Waals surface area contributed by atoms with Crippen molar-refractivity contribution in [1.82, 2.24) is 14.1 Å². The van der Waals surface area contributed by atoms with E-state index in [9.17, 15) is 5.11 Å². The number of aromatic hydroxyl groups is 1. The lowest BCUT2D eigenvalue weighted by molar-refractivity contribution is -0.575. The van der Waals surface area contributed by atoms with Crippen LogP contribution in [0.4, 0.5) is 0 Å². The molecule has 0 atom stereocenters. The fourth-order valence-corrected chi connectivity index (χ4v) is 10.3. The predicted molar refractivity (Wildman–Crippen MR) is 268 cm³/mol. The Kier molecular flexibility index (Phi) is 6.81. The Hall–Kier alpha value is -8.00. The van der Waals surface area contributed by atoms with Crippen molar-refractivity contribution in [3.63, 3.8) is 0 Å². The van der Waals surface area contributed by atoms with Gasteiger partial charge in [-0.05, 0) is 82.8 Å². The van der Waals surface area contributed by atoms with E-state index in [1.807, 2.05) is 18.3 Å². The number of benzene rings is 8. The minimum atomic E-state index is -0.606. The van der Waals surface area contributed by atoms with E-state index >= 15 is 0 Å². The fourth-order valence-electron chi connectivity index (χ4n) is 8.99. The van der Waals surface area contributed by atoms with Crippen LogP contribution in [0.25, 0.3) is 92.5 Å². The molecule has 0 unspecified atom stereocenters. The number of imidazole rings is 1. The summed E-state index contributed by atoms with van der Waals surface area (Å²) < 4.78 is 102. The highest BCUT2D eigenvalue weighted by atomic mass is 32.1. The first-order valence-corrected chi connectivity index (χ1v) is 21.9. The number of nitrogens with zero attached hydrogens (tertiary/aromatic N) is 4. The first-order valence-electron chi connectivity index (χ1n) is 26.1. The molecule has 0 aliphatic heterocycles. The molecule has 8 aromatic carbocycles. The molecule has 0 aliphatic rings. The maximum atomic E-state index is 12.8. The largest absolute Gasteiger partial charge is 0.465 e. The number of rotatable bonds is 7. The maximum Gasteiger partial charge on any atom is 0.465 e. The molecule has 0 saturated heterocycles. The average Bonchev–Trinajstić information content (AvgIpc) is 4.08. The van der Waals surface area contributed by atoms with Crippen molar-refractivity contribution in [2.75, 3.05) is 0 Å². The van der Waals surface area contributed by atoms with E-state index in [1.54, 1.807) is 64.4 Å². The van der Waals surface area contributed by atoms with Gasteiger partial charge in [0.05, 0.1) is 24.7 Å². The van der Waals surface area contributed by atoms with Crippen LogP contribution in [0.2, 0.25) is 0 Å². The summed E-state index contributed by atoms with van der Waals surface area (Å²) in [4.78, 5) is 4.93. The van der Waals surface area contributed by atoms with Crippen LogP contribution in [0.5, 0.6) is 17.5 Å². The van der Waals surface area contributed by atoms with Gasteiger partial charge in [0.2, 0.25) is 0 Å². The van der Waals surface area contributed by atoms with Crippen LogP contribution in [0, 0.1) is 0 Å². The second-order valence-electron chi connectivity index (χ2n) is 16.9. The maximum absolute atomic E-state index is 12.8. The molecule has 312 valence electrons. The minimum Gasteiger partial charge on any atom is -0.457 e. The molecule has 12 aromatic rings. The van der Waals surface area contributed by atoms with Crippen molar-refractivity contribution < 1.29 is 28.1 Å². The molecule has 4 aromatic heterocycles. The highest BCUT2D eigenvalue weighted by Crippen LogP contribution is 2.45. The molecule has 0 fully saturated rings. The van der Waals surface area contributed by atoms with Gasteiger partial charge in [-0.15, -0.1) is 11.3 Å². The lowest BCUT2D eigenvalue weighted by Crippen LogP contribution is -2.31. The summed E-state index contributed by atoms with van der Waals surface area (Å²) >= 11 is 1.77. The summed E-state index contributed by atoms with van der Waals surface area (Å²) in [5, 5.41) is 17.4. The smallest absolute Gasteiger partial charge is 0.457 e. The van der Waals surface area contributed by atoms with Gasteiger partial charge < -0.3 is 9.84 Å². The summed E-state index contributed by atoms with van der Waals surface area (Å²) in [5.41, 5.74) is 3.87. The molecular formula is C58H43N4O2S+. The minimum absolute atomic E-state index is 0.00792. The SMILES string of the molecule is [2H]c1c([2H])c([2H])c(-c2cccc(-c3c([2H])c([2H])c([2H])c([2H])c3[2H])c2-[n+]2c(O)n(-c3cccc(Oc4ccc5c6c7sc8ccccc8c7ccc6n(-c6cc(C(C)(C)C)ccn6)c5c4)c3)c3ccccc32)c([2H])c1[2H]. The molecule has 4 heterocycles. The van der Waals surface area contributed by atoms with E-state index in [2.05, 4.69) is 79.9 Å². The van der Waals surface area contributed by atoms with Crippen molar-refractivity contribution in [3.8, 4) is 57.0 Å². The fraction of sp³-hybridized carbons (Fsp3) is 0.0690. The standard InChI is InChI=1S/C58H42N4O2S/c1-58(2,3)39-32-33-59-53(34-39)61-50-31-30-46-45-22-10-13-27-52(45)65-56(46)54(50)47-29-28-42(36-51(47)61)64-41-21-14-20-40(35-41)60-48-25-11-12-26-49(48)62(57(60)63)55-43(37-16-6-4-7-17-37)23-15-24-44(55)38-18-8-5-9-19-38/h4-36H,1-3H3/p+1/i4D,5D,6D,7D,8D,9D,16D,17D,18D,19D. The monoisotopic (exact) mass is 869 g/mol. The summed E-state index contributed by atoms with van der Waals surface area (Å²) in [6.07, 6.45) is 1.85. The summed E-state index contributed by atoms with van der Waals surface area (Å²) in [6.45, 7) is 6.54. The molecule has 0 bridgehead atoms. The lowest BCUT2D eigenvalue weighted by atomic mass is 9.88. The normalized spacial score (nSPS) is 14.1. The van der Waals surface area contributed by atoms with Gasteiger partial charge in [-0.2, -0.15) is 9.13 Å². The molecule has 0 spiro atoms.